The molecule has 0 amide bonds. The predicted molar refractivity (Wildman–Crippen MR) is 43.4 cm³/mol. The van der Waals surface area contributed by atoms with Gasteiger partial charge in [0, 0.05) is 0 Å². The number of carbonyl (C=O) groups is 2. The summed E-state index contributed by atoms with van der Waals surface area (Å²) in [6.07, 6.45) is -0.279. The van der Waals surface area contributed by atoms with Gasteiger partial charge in [0.1, 0.15) is 6.07 Å². The summed E-state index contributed by atoms with van der Waals surface area (Å²) in [7, 11) is 0. The molecule has 0 aliphatic heterocycles. The molecule has 0 N–H and O–H groups in total. The minimum absolute atomic E-state index is 0.139. The van der Waals surface area contributed by atoms with Crippen molar-refractivity contribution in [2.45, 2.75) is 12.8 Å². The van der Waals surface area contributed by atoms with Crippen molar-refractivity contribution < 1.29 is 19.1 Å². The van der Waals surface area contributed by atoms with E-state index >= 15 is 0 Å². The summed E-state index contributed by atoms with van der Waals surface area (Å²) < 4.78 is 8.76. The third-order valence-corrected chi connectivity index (χ3v) is 1.12. The standard InChI is InChI=1S/C8H8N2O4/c1-10-6-14-8(12)3-2-7(11)13-5-4-9/h2-3,5-6H2. The summed E-state index contributed by atoms with van der Waals surface area (Å²) in [5, 5.41) is 8.06. The zero-order chi connectivity index (χ0) is 10.8. The average molecular weight is 196 g/mol. The maximum absolute atomic E-state index is 10.7. The number of esters is 2. The second-order valence-corrected chi connectivity index (χ2v) is 2.12. The minimum Gasteiger partial charge on any atom is -0.450 e. The third kappa shape index (κ3) is 6.62. The van der Waals surface area contributed by atoms with E-state index in [4.69, 9.17) is 11.8 Å². The molecule has 6 nitrogen and oxygen atoms in total. The molecule has 0 aromatic heterocycles. The Labute approximate surface area is 80.8 Å². The van der Waals surface area contributed by atoms with E-state index in [1.807, 2.05) is 0 Å². The van der Waals surface area contributed by atoms with Crippen LogP contribution >= 0.6 is 0 Å². The van der Waals surface area contributed by atoms with Crippen molar-refractivity contribution in [3.63, 3.8) is 0 Å². The molecule has 0 saturated carbocycles. The number of rotatable bonds is 5. The number of nitriles is 1. The second kappa shape index (κ2) is 7.56. The van der Waals surface area contributed by atoms with Crippen molar-refractivity contribution in [2.75, 3.05) is 13.3 Å². The quantitative estimate of drug-likeness (QED) is 0.465. The number of hydrogen-bond donors (Lipinski definition) is 0. The van der Waals surface area contributed by atoms with Crippen LogP contribution in [0.4, 0.5) is 0 Å². The first kappa shape index (κ1) is 11.9. The van der Waals surface area contributed by atoms with Crippen LogP contribution in [0.5, 0.6) is 0 Å². The molecule has 14 heavy (non-hydrogen) atoms. The van der Waals surface area contributed by atoms with Crippen molar-refractivity contribution in [1.82, 2.24) is 0 Å². The summed E-state index contributed by atoms with van der Waals surface area (Å²) in [4.78, 5) is 24.3. The van der Waals surface area contributed by atoms with Gasteiger partial charge in [-0.25, -0.2) is 6.57 Å². The van der Waals surface area contributed by atoms with E-state index in [0.717, 1.165) is 0 Å². The Kier molecular flexibility index (Phi) is 6.44. The van der Waals surface area contributed by atoms with Crippen molar-refractivity contribution in [3.8, 4) is 6.07 Å². The molecule has 0 unspecified atom stereocenters. The van der Waals surface area contributed by atoms with Gasteiger partial charge in [0.15, 0.2) is 6.61 Å². The summed E-state index contributed by atoms with van der Waals surface area (Å²) in [5.41, 5.74) is 0. The Morgan fingerprint density at radius 2 is 1.86 bits per heavy atom. The van der Waals surface area contributed by atoms with Crippen LogP contribution in [0.2, 0.25) is 0 Å². The van der Waals surface area contributed by atoms with Gasteiger partial charge in [0.25, 0.3) is 0 Å². The third-order valence-electron chi connectivity index (χ3n) is 1.12. The Morgan fingerprint density at radius 1 is 1.29 bits per heavy atom. The van der Waals surface area contributed by atoms with Crippen LogP contribution in [0.1, 0.15) is 12.8 Å². The molecule has 0 saturated heterocycles. The molecule has 0 aliphatic carbocycles. The van der Waals surface area contributed by atoms with E-state index in [2.05, 4.69) is 14.3 Å². The molecule has 0 heterocycles. The van der Waals surface area contributed by atoms with Gasteiger partial charge in [-0.05, 0) is 0 Å². The van der Waals surface area contributed by atoms with Crippen LogP contribution < -0.4 is 0 Å². The van der Waals surface area contributed by atoms with Gasteiger partial charge in [-0.2, -0.15) is 5.26 Å². The molecule has 0 rings (SSSR count). The van der Waals surface area contributed by atoms with E-state index in [-0.39, 0.29) is 26.2 Å². The smallest absolute Gasteiger partial charge is 0.359 e. The van der Waals surface area contributed by atoms with Gasteiger partial charge in [-0.3, -0.25) is 14.4 Å². The lowest BCUT2D eigenvalue weighted by Gasteiger charge is -1.98. The summed E-state index contributed by atoms with van der Waals surface area (Å²) in [6, 6.07) is 1.62. The minimum atomic E-state index is -0.633. The fourth-order valence-corrected chi connectivity index (χ4v) is 0.566. The molecule has 6 heteroatoms. The molecule has 0 fully saturated rings. The number of carbonyl (C=O) groups excluding carboxylic acids is 2. The molecule has 0 bridgehead atoms. The Bertz CT molecular complexity index is 257. The topological polar surface area (TPSA) is 80.8 Å². The Morgan fingerprint density at radius 3 is 2.36 bits per heavy atom. The first-order chi connectivity index (χ1) is 6.70. The van der Waals surface area contributed by atoms with E-state index in [9.17, 15) is 9.59 Å². The first-order valence-electron chi connectivity index (χ1n) is 3.72. The highest BCUT2D eigenvalue weighted by Crippen LogP contribution is 1.95. The van der Waals surface area contributed by atoms with Gasteiger partial charge in [-0.1, -0.05) is 0 Å². The normalized spacial score (nSPS) is 8.14. The zero-order valence-electron chi connectivity index (χ0n) is 7.36. The van der Waals surface area contributed by atoms with Crippen LogP contribution in [-0.4, -0.2) is 25.3 Å². The molecule has 0 aromatic carbocycles. The number of ether oxygens (including phenoxy) is 2. The van der Waals surface area contributed by atoms with Gasteiger partial charge in [0.2, 0.25) is 0 Å². The summed E-state index contributed by atoms with van der Waals surface area (Å²) >= 11 is 0. The molecular weight excluding hydrogens is 188 g/mol. The maximum Gasteiger partial charge on any atom is 0.359 e. The number of hydrogen-bond acceptors (Lipinski definition) is 5. The lowest BCUT2D eigenvalue weighted by atomic mass is 10.3. The van der Waals surface area contributed by atoms with Gasteiger partial charge in [-0.15, -0.1) is 0 Å². The van der Waals surface area contributed by atoms with E-state index in [0.29, 0.717) is 0 Å². The highest BCUT2D eigenvalue weighted by Gasteiger charge is 2.09. The lowest BCUT2D eigenvalue weighted by molar-refractivity contribution is -0.149. The van der Waals surface area contributed by atoms with E-state index in [1.54, 1.807) is 6.07 Å². The van der Waals surface area contributed by atoms with Crippen LogP contribution in [0.15, 0.2) is 0 Å². The van der Waals surface area contributed by atoms with Gasteiger partial charge in [0.05, 0.1) is 12.8 Å². The van der Waals surface area contributed by atoms with Crippen LogP contribution in [-0.2, 0) is 19.1 Å². The fraction of sp³-hybridized carbons (Fsp3) is 0.500. The molecule has 0 radical (unpaired) electrons. The maximum atomic E-state index is 10.7. The summed E-state index contributed by atoms with van der Waals surface area (Å²) in [6.45, 7) is 5.66. The molecular formula is C8H8N2O4. The average Bonchev–Trinajstić information content (AvgIpc) is 2.20. The largest absolute Gasteiger partial charge is 0.450 e. The molecule has 0 aromatic rings. The first-order valence-corrected chi connectivity index (χ1v) is 3.72. The summed E-state index contributed by atoms with van der Waals surface area (Å²) in [5.74, 6) is -1.26. The molecule has 0 aliphatic rings. The molecule has 0 atom stereocenters. The van der Waals surface area contributed by atoms with Crippen LogP contribution in [0.25, 0.3) is 4.85 Å². The predicted octanol–water partition coefficient (Wildman–Crippen LogP) is 0.253. The molecule has 0 spiro atoms. The van der Waals surface area contributed by atoms with Gasteiger partial charge >= 0.3 is 18.7 Å². The zero-order valence-corrected chi connectivity index (χ0v) is 7.36. The van der Waals surface area contributed by atoms with Crippen molar-refractivity contribution in [1.29, 1.82) is 5.26 Å². The fourth-order valence-electron chi connectivity index (χ4n) is 0.566. The number of nitrogens with zero attached hydrogens (tertiary/aromatic N) is 2. The Balaban J connectivity index is 3.53. The lowest BCUT2D eigenvalue weighted by Crippen LogP contribution is -2.10. The van der Waals surface area contributed by atoms with E-state index in [1.165, 1.54) is 0 Å². The van der Waals surface area contributed by atoms with Gasteiger partial charge < -0.3 is 9.47 Å². The van der Waals surface area contributed by atoms with Crippen molar-refractivity contribution in [3.05, 3.63) is 11.4 Å². The van der Waals surface area contributed by atoms with E-state index < -0.39 is 11.9 Å². The van der Waals surface area contributed by atoms with Crippen molar-refractivity contribution in [2.24, 2.45) is 0 Å². The van der Waals surface area contributed by atoms with Crippen molar-refractivity contribution >= 4 is 11.9 Å². The van der Waals surface area contributed by atoms with Crippen LogP contribution in [0.3, 0.4) is 0 Å². The highest BCUT2D eigenvalue weighted by atomic mass is 16.5. The Hall–Kier alpha value is -2.08. The molecule has 74 valence electrons. The second-order valence-electron chi connectivity index (χ2n) is 2.12. The highest BCUT2D eigenvalue weighted by molar-refractivity contribution is 5.77. The SMILES string of the molecule is [C-]#[N+]COC(=O)CCC(=O)OCC#N. The van der Waals surface area contributed by atoms with Crippen LogP contribution in [0, 0.1) is 17.9 Å². The monoisotopic (exact) mass is 196 g/mol.